The van der Waals surface area contributed by atoms with Crippen LogP contribution in [0.3, 0.4) is 0 Å². The van der Waals surface area contributed by atoms with Crippen LogP contribution in [0, 0.1) is 0 Å². The Kier molecular flexibility index (Phi) is 4.65. The Bertz CT molecular complexity index is 530. The number of rotatable bonds is 5. The first-order chi connectivity index (χ1) is 10.3. The van der Waals surface area contributed by atoms with Gasteiger partial charge < -0.3 is 4.42 Å². The molecule has 4 nitrogen and oxygen atoms in total. The van der Waals surface area contributed by atoms with Gasteiger partial charge in [0, 0.05) is 30.4 Å². The lowest BCUT2D eigenvalue weighted by atomic mass is 9.89. The van der Waals surface area contributed by atoms with Crippen LogP contribution in [0.5, 0.6) is 0 Å². The molecule has 0 aromatic carbocycles. The second-order valence-electron chi connectivity index (χ2n) is 6.04. The highest BCUT2D eigenvalue weighted by atomic mass is 16.3. The molecule has 2 heterocycles. The quantitative estimate of drug-likeness (QED) is 0.839. The highest BCUT2D eigenvalue weighted by molar-refractivity contribution is 5.08. The molecule has 3 rings (SSSR count). The van der Waals surface area contributed by atoms with Gasteiger partial charge in [0.25, 0.3) is 0 Å². The molecule has 1 aliphatic rings. The lowest BCUT2D eigenvalue weighted by Crippen LogP contribution is -2.17. The maximum Gasteiger partial charge on any atom is 0.131 e. The fourth-order valence-electron chi connectivity index (χ4n) is 3.05. The normalized spacial score (nSPS) is 16.5. The fourth-order valence-corrected chi connectivity index (χ4v) is 3.05. The first-order valence-corrected chi connectivity index (χ1v) is 7.83. The number of hydrogen-bond donors (Lipinski definition) is 0. The van der Waals surface area contributed by atoms with Gasteiger partial charge in [0.1, 0.15) is 11.6 Å². The van der Waals surface area contributed by atoms with Crippen molar-refractivity contribution >= 4 is 0 Å². The van der Waals surface area contributed by atoms with Gasteiger partial charge >= 0.3 is 0 Å². The van der Waals surface area contributed by atoms with E-state index in [1.807, 2.05) is 24.5 Å². The van der Waals surface area contributed by atoms with Crippen molar-refractivity contribution in [2.24, 2.45) is 0 Å². The Morgan fingerprint density at radius 3 is 2.57 bits per heavy atom. The average molecular weight is 285 g/mol. The highest BCUT2D eigenvalue weighted by Gasteiger charge is 2.17. The summed E-state index contributed by atoms with van der Waals surface area (Å²) in [5.41, 5.74) is 1.16. The van der Waals surface area contributed by atoms with E-state index in [-0.39, 0.29) is 0 Å². The monoisotopic (exact) mass is 285 g/mol. The molecule has 2 aromatic rings. The first-order valence-electron chi connectivity index (χ1n) is 7.83. The van der Waals surface area contributed by atoms with Crippen LogP contribution in [0.25, 0.3) is 0 Å². The third-order valence-electron chi connectivity index (χ3n) is 4.15. The van der Waals surface area contributed by atoms with Gasteiger partial charge in [-0.05, 0) is 32.0 Å². The zero-order valence-electron chi connectivity index (χ0n) is 12.7. The number of hydrogen-bond acceptors (Lipinski definition) is 4. The number of nitrogens with zero attached hydrogens (tertiary/aromatic N) is 3. The van der Waals surface area contributed by atoms with Gasteiger partial charge in [-0.2, -0.15) is 0 Å². The van der Waals surface area contributed by atoms with Gasteiger partial charge in [0.15, 0.2) is 0 Å². The van der Waals surface area contributed by atoms with E-state index in [0.717, 1.165) is 30.2 Å². The summed E-state index contributed by atoms with van der Waals surface area (Å²) in [5.74, 6) is 2.60. The summed E-state index contributed by atoms with van der Waals surface area (Å²) < 4.78 is 5.37. The molecular weight excluding hydrogens is 262 g/mol. The van der Waals surface area contributed by atoms with Crippen LogP contribution in [0.15, 0.2) is 35.2 Å². The van der Waals surface area contributed by atoms with Gasteiger partial charge in [-0.25, -0.2) is 9.97 Å². The van der Waals surface area contributed by atoms with Crippen molar-refractivity contribution in [3.8, 4) is 0 Å². The van der Waals surface area contributed by atoms with Gasteiger partial charge in [0.05, 0.1) is 12.8 Å². The molecule has 0 unspecified atom stereocenters. The van der Waals surface area contributed by atoms with E-state index >= 15 is 0 Å². The summed E-state index contributed by atoms with van der Waals surface area (Å²) in [6.45, 7) is 1.64. The van der Waals surface area contributed by atoms with Crippen molar-refractivity contribution in [3.63, 3.8) is 0 Å². The third kappa shape index (κ3) is 3.91. The number of furan rings is 1. The Morgan fingerprint density at radius 1 is 1.14 bits per heavy atom. The molecule has 0 saturated heterocycles. The molecule has 0 spiro atoms. The molecule has 0 atom stereocenters. The van der Waals surface area contributed by atoms with Crippen LogP contribution < -0.4 is 0 Å². The van der Waals surface area contributed by atoms with Gasteiger partial charge in [-0.15, -0.1) is 0 Å². The van der Waals surface area contributed by atoms with Crippen molar-refractivity contribution in [2.45, 2.75) is 51.1 Å². The maximum atomic E-state index is 5.37. The summed E-state index contributed by atoms with van der Waals surface area (Å²) in [5, 5.41) is 0. The van der Waals surface area contributed by atoms with Crippen LogP contribution in [0.1, 0.15) is 55.2 Å². The summed E-state index contributed by atoms with van der Waals surface area (Å²) >= 11 is 0. The first kappa shape index (κ1) is 14.3. The Labute approximate surface area is 126 Å². The van der Waals surface area contributed by atoms with Crippen LogP contribution in [0.4, 0.5) is 0 Å². The molecule has 0 aliphatic heterocycles. The molecule has 4 heteroatoms. The minimum absolute atomic E-state index is 0.577. The minimum Gasteiger partial charge on any atom is -0.468 e. The van der Waals surface area contributed by atoms with Crippen molar-refractivity contribution in [2.75, 3.05) is 7.05 Å². The van der Waals surface area contributed by atoms with Crippen molar-refractivity contribution in [1.29, 1.82) is 0 Å². The van der Waals surface area contributed by atoms with Crippen molar-refractivity contribution < 1.29 is 4.42 Å². The molecule has 1 aliphatic carbocycles. The average Bonchev–Trinajstić information content (AvgIpc) is 3.02. The van der Waals surface area contributed by atoms with Crippen LogP contribution in [-0.2, 0) is 13.1 Å². The van der Waals surface area contributed by atoms with E-state index in [1.54, 1.807) is 6.26 Å². The maximum absolute atomic E-state index is 5.37. The van der Waals surface area contributed by atoms with Gasteiger partial charge in [-0.1, -0.05) is 19.3 Å². The van der Waals surface area contributed by atoms with E-state index < -0.39 is 0 Å². The van der Waals surface area contributed by atoms with E-state index in [2.05, 4.69) is 21.9 Å². The zero-order valence-corrected chi connectivity index (χ0v) is 12.7. The SMILES string of the molecule is CN(Cc1cnc(C2CCCCC2)nc1)Cc1ccco1. The molecule has 1 fully saturated rings. The Morgan fingerprint density at radius 2 is 1.90 bits per heavy atom. The van der Waals surface area contributed by atoms with Gasteiger partial charge in [-0.3, -0.25) is 4.90 Å². The minimum atomic E-state index is 0.577. The summed E-state index contributed by atoms with van der Waals surface area (Å²) in [6, 6.07) is 3.92. The summed E-state index contributed by atoms with van der Waals surface area (Å²) in [4.78, 5) is 11.4. The molecule has 112 valence electrons. The zero-order chi connectivity index (χ0) is 14.5. The molecule has 0 radical (unpaired) electrons. The predicted molar refractivity (Wildman–Crippen MR) is 81.7 cm³/mol. The van der Waals surface area contributed by atoms with E-state index in [4.69, 9.17) is 4.42 Å². The molecule has 2 aromatic heterocycles. The van der Waals surface area contributed by atoms with E-state index in [9.17, 15) is 0 Å². The fraction of sp³-hybridized carbons (Fsp3) is 0.529. The topological polar surface area (TPSA) is 42.2 Å². The van der Waals surface area contributed by atoms with E-state index in [1.165, 1.54) is 32.1 Å². The smallest absolute Gasteiger partial charge is 0.131 e. The molecule has 0 amide bonds. The Balaban J connectivity index is 1.56. The van der Waals surface area contributed by atoms with Crippen LogP contribution in [-0.4, -0.2) is 21.9 Å². The second-order valence-corrected chi connectivity index (χ2v) is 6.04. The summed E-state index contributed by atoms with van der Waals surface area (Å²) in [7, 11) is 2.08. The second kappa shape index (κ2) is 6.85. The van der Waals surface area contributed by atoms with Crippen LogP contribution in [0.2, 0.25) is 0 Å². The third-order valence-corrected chi connectivity index (χ3v) is 4.15. The largest absolute Gasteiger partial charge is 0.468 e. The molecular formula is C17H23N3O. The van der Waals surface area contributed by atoms with Crippen molar-refractivity contribution in [3.05, 3.63) is 47.9 Å². The molecule has 21 heavy (non-hydrogen) atoms. The van der Waals surface area contributed by atoms with E-state index in [0.29, 0.717) is 5.92 Å². The lowest BCUT2D eigenvalue weighted by molar-refractivity contribution is 0.287. The predicted octanol–water partition coefficient (Wildman–Crippen LogP) is 3.75. The Hall–Kier alpha value is -1.68. The van der Waals surface area contributed by atoms with Gasteiger partial charge in [0.2, 0.25) is 0 Å². The summed E-state index contributed by atoms with van der Waals surface area (Å²) in [6.07, 6.45) is 12.2. The highest BCUT2D eigenvalue weighted by Crippen LogP contribution is 2.30. The molecule has 0 N–H and O–H groups in total. The lowest BCUT2D eigenvalue weighted by Gasteiger charge is -2.20. The molecule has 1 saturated carbocycles. The van der Waals surface area contributed by atoms with Crippen molar-refractivity contribution in [1.82, 2.24) is 14.9 Å². The standard InChI is InChI=1S/C17H23N3O/c1-20(13-16-8-5-9-21-16)12-14-10-18-17(19-11-14)15-6-3-2-4-7-15/h5,8-11,15H,2-4,6-7,12-13H2,1H3. The van der Waals surface area contributed by atoms with Crippen LogP contribution >= 0.6 is 0 Å². The molecule has 0 bridgehead atoms. The number of aromatic nitrogens is 2.